The van der Waals surface area contributed by atoms with E-state index in [9.17, 15) is 4.79 Å². The molecule has 1 saturated carbocycles. The summed E-state index contributed by atoms with van der Waals surface area (Å²) in [6.45, 7) is 1.80. The molecule has 98 valence electrons. The molecule has 0 bridgehead atoms. The van der Waals surface area contributed by atoms with Gasteiger partial charge in [0.2, 0.25) is 5.91 Å². The highest BCUT2D eigenvalue weighted by atomic mass is 16.1. The summed E-state index contributed by atoms with van der Waals surface area (Å²) in [7, 11) is 0. The molecule has 1 aliphatic rings. The normalized spacial score (nSPS) is 18.5. The number of hydrogen-bond donors (Lipinski definition) is 1. The van der Waals surface area contributed by atoms with Crippen molar-refractivity contribution in [2.75, 3.05) is 0 Å². The zero-order chi connectivity index (χ0) is 13.0. The first-order chi connectivity index (χ1) is 8.66. The molecule has 1 aromatic rings. The van der Waals surface area contributed by atoms with E-state index in [1.54, 1.807) is 6.92 Å². The smallest absolute Gasteiger partial charge is 0.226 e. The second kappa shape index (κ2) is 5.98. The van der Waals surface area contributed by atoms with Crippen LogP contribution in [0.3, 0.4) is 0 Å². The quantitative estimate of drug-likeness (QED) is 0.888. The molecule has 1 aliphatic carbocycles. The third kappa shape index (κ3) is 3.31. The molecule has 0 aromatic carbocycles. The molecule has 2 N–H and O–H groups in total. The largest absolute Gasteiger partial charge is 0.369 e. The Morgan fingerprint density at radius 3 is 2.67 bits per heavy atom. The van der Waals surface area contributed by atoms with Gasteiger partial charge in [-0.25, -0.2) is 0 Å². The molecule has 1 unspecified atom stereocenters. The molecule has 1 amide bonds. The van der Waals surface area contributed by atoms with Gasteiger partial charge in [-0.3, -0.25) is 9.78 Å². The van der Waals surface area contributed by atoms with E-state index in [1.807, 2.05) is 12.3 Å². The summed E-state index contributed by atoms with van der Waals surface area (Å²) >= 11 is 0. The second-order valence-corrected chi connectivity index (χ2v) is 5.42. The third-order valence-corrected chi connectivity index (χ3v) is 3.97. The molecule has 1 fully saturated rings. The molecule has 0 radical (unpaired) electrons. The van der Waals surface area contributed by atoms with Crippen molar-refractivity contribution in [1.82, 2.24) is 4.98 Å². The van der Waals surface area contributed by atoms with Crippen molar-refractivity contribution < 1.29 is 4.79 Å². The maximum absolute atomic E-state index is 11.1. The van der Waals surface area contributed by atoms with Crippen LogP contribution in [0.5, 0.6) is 0 Å². The minimum Gasteiger partial charge on any atom is -0.369 e. The highest BCUT2D eigenvalue weighted by Crippen LogP contribution is 2.26. The lowest BCUT2D eigenvalue weighted by Crippen LogP contribution is -2.19. The van der Waals surface area contributed by atoms with E-state index in [4.69, 9.17) is 5.73 Å². The number of nitrogens with two attached hydrogens (primary N) is 1. The molecule has 3 nitrogen and oxygen atoms in total. The average molecular weight is 246 g/mol. The predicted molar refractivity (Wildman–Crippen MR) is 72.1 cm³/mol. The SMILES string of the molecule is CC(C(N)=O)c1ccc(CC2CCCCC2)cn1. The monoisotopic (exact) mass is 246 g/mol. The first kappa shape index (κ1) is 13.1. The zero-order valence-corrected chi connectivity index (χ0v) is 11.1. The fourth-order valence-corrected chi connectivity index (χ4v) is 2.68. The van der Waals surface area contributed by atoms with E-state index in [2.05, 4.69) is 11.1 Å². The molecule has 0 spiro atoms. The minimum atomic E-state index is -0.317. The molecule has 0 aliphatic heterocycles. The molecule has 0 saturated heterocycles. The van der Waals surface area contributed by atoms with E-state index < -0.39 is 0 Å². The van der Waals surface area contributed by atoms with Gasteiger partial charge in [-0.05, 0) is 30.9 Å². The van der Waals surface area contributed by atoms with Crippen molar-refractivity contribution in [2.45, 2.75) is 51.4 Å². The van der Waals surface area contributed by atoms with Crippen molar-refractivity contribution >= 4 is 5.91 Å². The maximum atomic E-state index is 11.1. The number of pyridine rings is 1. The van der Waals surface area contributed by atoms with Crippen LogP contribution >= 0.6 is 0 Å². The summed E-state index contributed by atoms with van der Waals surface area (Å²) in [6.07, 6.45) is 9.86. The first-order valence-electron chi connectivity index (χ1n) is 6.91. The number of carbonyl (C=O) groups excluding carboxylic acids is 1. The second-order valence-electron chi connectivity index (χ2n) is 5.42. The molecule has 18 heavy (non-hydrogen) atoms. The van der Waals surface area contributed by atoms with Gasteiger partial charge in [0.15, 0.2) is 0 Å². The van der Waals surface area contributed by atoms with Gasteiger partial charge in [0.25, 0.3) is 0 Å². The van der Waals surface area contributed by atoms with Gasteiger partial charge < -0.3 is 5.73 Å². The van der Waals surface area contributed by atoms with Crippen molar-refractivity contribution in [3.05, 3.63) is 29.6 Å². The van der Waals surface area contributed by atoms with E-state index in [0.717, 1.165) is 18.0 Å². The summed E-state index contributed by atoms with van der Waals surface area (Å²) in [5, 5.41) is 0. The Hall–Kier alpha value is -1.38. The Bertz CT molecular complexity index is 393. The predicted octanol–water partition coefficient (Wildman–Crippen LogP) is 2.79. The number of amides is 1. The van der Waals surface area contributed by atoms with Gasteiger partial charge >= 0.3 is 0 Å². The van der Waals surface area contributed by atoms with Crippen LogP contribution in [0.2, 0.25) is 0 Å². The summed E-state index contributed by atoms with van der Waals surface area (Å²) < 4.78 is 0. The molecule has 2 rings (SSSR count). The Balaban J connectivity index is 1.96. The summed E-state index contributed by atoms with van der Waals surface area (Å²) in [4.78, 5) is 15.4. The van der Waals surface area contributed by atoms with Crippen molar-refractivity contribution in [1.29, 1.82) is 0 Å². The molecule has 1 heterocycles. The van der Waals surface area contributed by atoms with Gasteiger partial charge in [0, 0.05) is 6.20 Å². The number of nitrogens with zero attached hydrogens (tertiary/aromatic N) is 1. The number of primary amides is 1. The van der Waals surface area contributed by atoms with Gasteiger partial charge in [0.05, 0.1) is 11.6 Å². The van der Waals surface area contributed by atoms with E-state index >= 15 is 0 Å². The summed E-state index contributed by atoms with van der Waals surface area (Å²) in [5.74, 6) is 0.205. The van der Waals surface area contributed by atoms with E-state index in [-0.39, 0.29) is 11.8 Å². The van der Waals surface area contributed by atoms with Gasteiger partial charge in [-0.1, -0.05) is 38.2 Å². The molecule has 1 aromatic heterocycles. The maximum Gasteiger partial charge on any atom is 0.226 e. The highest BCUT2D eigenvalue weighted by molar-refractivity contribution is 5.80. The molecular weight excluding hydrogens is 224 g/mol. The van der Waals surface area contributed by atoms with Crippen LogP contribution < -0.4 is 5.73 Å². The number of rotatable bonds is 4. The van der Waals surface area contributed by atoms with Crippen LogP contribution in [0, 0.1) is 5.92 Å². The van der Waals surface area contributed by atoms with Crippen molar-refractivity contribution in [2.24, 2.45) is 11.7 Å². The Kier molecular flexibility index (Phi) is 4.34. The fraction of sp³-hybridized carbons (Fsp3) is 0.600. The van der Waals surface area contributed by atoms with E-state index in [1.165, 1.54) is 37.7 Å². The Morgan fingerprint density at radius 2 is 2.11 bits per heavy atom. The van der Waals surface area contributed by atoms with Crippen LogP contribution in [0.15, 0.2) is 18.3 Å². The number of aromatic nitrogens is 1. The summed E-state index contributed by atoms with van der Waals surface area (Å²) in [6, 6.07) is 4.03. The van der Waals surface area contributed by atoms with Crippen molar-refractivity contribution in [3.63, 3.8) is 0 Å². The number of hydrogen-bond acceptors (Lipinski definition) is 2. The number of carbonyl (C=O) groups is 1. The van der Waals surface area contributed by atoms with Crippen LogP contribution in [0.1, 0.15) is 56.2 Å². The average Bonchev–Trinajstić information content (AvgIpc) is 2.40. The van der Waals surface area contributed by atoms with Crippen molar-refractivity contribution in [3.8, 4) is 0 Å². The van der Waals surface area contributed by atoms with Gasteiger partial charge in [-0.15, -0.1) is 0 Å². The van der Waals surface area contributed by atoms with Crippen LogP contribution in [-0.2, 0) is 11.2 Å². The highest BCUT2D eigenvalue weighted by Gasteiger charge is 2.15. The fourth-order valence-electron chi connectivity index (χ4n) is 2.68. The standard InChI is InChI=1S/C15H22N2O/c1-11(15(16)18)14-8-7-13(10-17-14)9-12-5-3-2-4-6-12/h7-8,10-12H,2-6,9H2,1H3,(H2,16,18). The third-order valence-electron chi connectivity index (χ3n) is 3.97. The van der Waals surface area contributed by atoms with Crippen LogP contribution in [0.4, 0.5) is 0 Å². The van der Waals surface area contributed by atoms with E-state index in [0.29, 0.717) is 0 Å². The van der Waals surface area contributed by atoms with Crippen LogP contribution in [0.25, 0.3) is 0 Å². The molecule has 1 atom stereocenters. The Morgan fingerprint density at radius 1 is 1.39 bits per heavy atom. The first-order valence-corrected chi connectivity index (χ1v) is 6.91. The minimum absolute atomic E-state index is 0.297. The van der Waals surface area contributed by atoms with Gasteiger partial charge in [0.1, 0.15) is 0 Å². The van der Waals surface area contributed by atoms with Crippen LogP contribution in [-0.4, -0.2) is 10.9 Å². The molecule has 3 heteroatoms. The van der Waals surface area contributed by atoms with Gasteiger partial charge in [-0.2, -0.15) is 0 Å². The summed E-state index contributed by atoms with van der Waals surface area (Å²) in [5.41, 5.74) is 7.33. The lowest BCUT2D eigenvalue weighted by atomic mass is 9.85. The Labute approximate surface area is 109 Å². The lowest BCUT2D eigenvalue weighted by Gasteiger charge is -2.21. The zero-order valence-electron chi connectivity index (χ0n) is 11.1. The lowest BCUT2D eigenvalue weighted by molar-refractivity contribution is -0.119. The molecular formula is C15H22N2O. The topological polar surface area (TPSA) is 56.0 Å².